The molecule has 1 amide bonds. The van der Waals surface area contributed by atoms with Crippen molar-refractivity contribution in [3.63, 3.8) is 0 Å². The number of aliphatic carboxylic acids is 1. The number of carboxylic acid groups (broad SMARTS) is 1. The van der Waals surface area contributed by atoms with Crippen molar-refractivity contribution in [3.8, 4) is 0 Å². The normalized spacial score (nSPS) is 19.3. The van der Waals surface area contributed by atoms with Gasteiger partial charge in [0.05, 0.1) is 11.9 Å². The predicted octanol–water partition coefficient (Wildman–Crippen LogP) is -0.439. The number of carbonyl (C=O) groups is 2. The second-order valence-corrected chi connectivity index (χ2v) is 6.71. The van der Waals surface area contributed by atoms with E-state index in [-0.39, 0.29) is 24.7 Å². The minimum Gasteiger partial charge on any atom is -0.481 e. The zero-order chi connectivity index (χ0) is 14.3. The van der Waals surface area contributed by atoms with E-state index < -0.39 is 27.5 Å². The van der Waals surface area contributed by atoms with Crippen molar-refractivity contribution in [1.29, 1.82) is 0 Å². The van der Waals surface area contributed by atoms with Crippen LogP contribution in [0, 0.1) is 0 Å². The number of amides is 1. The van der Waals surface area contributed by atoms with E-state index in [1.165, 1.54) is 0 Å². The molecule has 1 aliphatic rings. The summed E-state index contributed by atoms with van der Waals surface area (Å²) in [7, 11) is -3.54. The maximum Gasteiger partial charge on any atom is 0.303 e. The summed E-state index contributed by atoms with van der Waals surface area (Å²) in [6, 6.07) is 0. The van der Waals surface area contributed by atoms with Crippen LogP contribution in [-0.2, 0) is 24.2 Å². The molecule has 1 unspecified atom stereocenters. The van der Waals surface area contributed by atoms with Gasteiger partial charge in [0, 0.05) is 19.6 Å². The van der Waals surface area contributed by atoms with Gasteiger partial charge in [-0.1, -0.05) is 0 Å². The average molecular weight is 293 g/mol. The van der Waals surface area contributed by atoms with Gasteiger partial charge in [-0.3, -0.25) is 9.59 Å². The molecule has 8 heteroatoms. The molecule has 1 aliphatic heterocycles. The highest BCUT2D eigenvalue weighted by Crippen LogP contribution is 2.10. The van der Waals surface area contributed by atoms with Gasteiger partial charge in [0.15, 0.2) is 9.84 Å². The summed E-state index contributed by atoms with van der Waals surface area (Å²) in [5.74, 6) is -2.49. The molecule has 1 rings (SSSR count). The molecule has 0 spiro atoms. The van der Waals surface area contributed by atoms with E-state index in [1.807, 2.05) is 0 Å². The first-order chi connectivity index (χ1) is 8.89. The fourth-order valence-electron chi connectivity index (χ4n) is 1.80. The third-order valence-corrected chi connectivity index (χ3v) is 4.36. The topological polar surface area (TPSA) is 110 Å². The number of carbonyl (C=O) groups excluding carboxylic acids is 1. The fourth-order valence-corrected chi connectivity index (χ4v) is 3.03. The van der Waals surface area contributed by atoms with Gasteiger partial charge in [-0.2, -0.15) is 0 Å². The van der Waals surface area contributed by atoms with E-state index in [4.69, 9.17) is 9.84 Å². The first-order valence-electron chi connectivity index (χ1n) is 6.19. The van der Waals surface area contributed by atoms with Crippen molar-refractivity contribution in [1.82, 2.24) is 5.32 Å². The Morgan fingerprint density at radius 1 is 1.37 bits per heavy atom. The van der Waals surface area contributed by atoms with E-state index in [2.05, 4.69) is 5.32 Å². The van der Waals surface area contributed by atoms with E-state index in [9.17, 15) is 18.0 Å². The second kappa shape index (κ2) is 7.44. The Hall–Kier alpha value is -1.15. The fraction of sp³-hybridized carbons (Fsp3) is 0.818. The summed E-state index contributed by atoms with van der Waals surface area (Å²) >= 11 is 0. The van der Waals surface area contributed by atoms with Crippen molar-refractivity contribution < 1.29 is 27.9 Å². The minimum atomic E-state index is -3.54. The van der Waals surface area contributed by atoms with Gasteiger partial charge in [0.2, 0.25) is 5.91 Å². The SMILES string of the molecule is O=C(O)CCCS(=O)(=O)CC(=O)NCC1CCCO1. The third kappa shape index (κ3) is 7.12. The van der Waals surface area contributed by atoms with Gasteiger partial charge in [-0.25, -0.2) is 8.42 Å². The number of hydrogen-bond donors (Lipinski definition) is 2. The molecule has 0 bridgehead atoms. The van der Waals surface area contributed by atoms with Crippen LogP contribution in [0.3, 0.4) is 0 Å². The van der Waals surface area contributed by atoms with Crippen LogP contribution < -0.4 is 5.32 Å². The molecule has 110 valence electrons. The highest BCUT2D eigenvalue weighted by atomic mass is 32.2. The molecule has 0 aromatic heterocycles. The van der Waals surface area contributed by atoms with Crippen LogP contribution in [0.25, 0.3) is 0 Å². The highest BCUT2D eigenvalue weighted by Gasteiger charge is 2.20. The Kier molecular flexibility index (Phi) is 6.23. The number of nitrogens with one attached hydrogen (secondary N) is 1. The maximum absolute atomic E-state index is 11.5. The molecular weight excluding hydrogens is 274 g/mol. The molecule has 0 radical (unpaired) electrons. The first kappa shape index (κ1) is 15.9. The number of rotatable bonds is 8. The molecule has 1 saturated heterocycles. The van der Waals surface area contributed by atoms with Crippen LogP contribution in [0.1, 0.15) is 25.7 Å². The number of hydrogen-bond acceptors (Lipinski definition) is 5. The van der Waals surface area contributed by atoms with Gasteiger partial charge in [-0.05, 0) is 19.3 Å². The summed E-state index contributed by atoms with van der Waals surface area (Å²) in [5.41, 5.74) is 0. The molecule has 1 atom stereocenters. The van der Waals surface area contributed by atoms with Crippen LogP contribution >= 0.6 is 0 Å². The zero-order valence-electron chi connectivity index (χ0n) is 10.6. The van der Waals surface area contributed by atoms with Gasteiger partial charge in [0.25, 0.3) is 0 Å². The van der Waals surface area contributed by atoms with E-state index in [0.29, 0.717) is 13.2 Å². The molecule has 0 aromatic rings. The van der Waals surface area contributed by atoms with Gasteiger partial charge in [0.1, 0.15) is 5.75 Å². The van der Waals surface area contributed by atoms with Gasteiger partial charge in [-0.15, -0.1) is 0 Å². The summed E-state index contributed by atoms with van der Waals surface area (Å²) < 4.78 is 28.4. The van der Waals surface area contributed by atoms with Crippen LogP contribution in [0.15, 0.2) is 0 Å². The number of carboxylic acids is 1. The van der Waals surface area contributed by atoms with Crippen molar-refractivity contribution in [2.24, 2.45) is 0 Å². The van der Waals surface area contributed by atoms with Gasteiger partial charge >= 0.3 is 5.97 Å². The smallest absolute Gasteiger partial charge is 0.303 e. The van der Waals surface area contributed by atoms with E-state index in [1.54, 1.807) is 0 Å². The average Bonchev–Trinajstić information content (AvgIpc) is 2.77. The summed E-state index contributed by atoms with van der Waals surface area (Å²) in [5, 5.41) is 10.9. The Bertz CT molecular complexity index is 413. The highest BCUT2D eigenvalue weighted by molar-refractivity contribution is 7.92. The lowest BCUT2D eigenvalue weighted by atomic mass is 10.2. The summed E-state index contributed by atoms with van der Waals surface area (Å²) in [4.78, 5) is 21.7. The van der Waals surface area contributed by atoms with Crippen molar-refractivity contribution >= 4 is 21.7 Å². The maximum atomic E-state index is 11.5. The zero-order valence-corrected chi connectivity index (χ0v) is 11.4. The predicted molar refractivity (Wildman–Crippen MR) is 67.5 cm³/mol. The monoisotopic (exact) mass is 293 g/mol. The molecule has 2 N–H and O–H groups in total. The minimum absolute atomic E-state index is 0.0245. The first-order valence-corrected chi connectivity index (χ1v) is 8.02. The lowest BCUT2D eigenvalue weighted by Crippen LogP contribution is -2.36. The van der Waals surface area contributed by atoms with Crippen LogP contribution in [-0.4, -0.2) is 56.2 Å². The van der Waals surface area contributed by atoms with Crippen molar-refractivity contribution in [3.05, 3.63) is 0 Å². The molecule has 19 heavy (non-hydrogen) atoms. The second-order valence-electron chi connectivity index (χ2n) is 4.53. The summed E-state index contributed by atoms with van der Waals surface area (Å²) in [6.07, 6.45) is 1.60. The van der Waals surface area contributed by atoms with Crippen LogP contribution in [0.5, 0.6) is 0 Å². The molecule has 1 fully saturated rings. The van der Waals surface area contributed by atoms with E-state index in [0.717, 1.165) is 12.8 Å². The molecule has 1 heterocycles. The number of ether oxygens (including phenoxy) is 1. The van der Waals surface area contributed by atoms with E-state index >= 15 is 0 Å². The molecule has 0 saturated carbocycles. The Morgan fingerprint density at radius 3 is 2.68 bits per heavy atom. The standard InChI is InChI=1S/C11H19NO6S/c13-10(12-7-9-3-1-5-18-9)8-19(16,17)6-2-4-11(14)15/h9H,1-8H2,(H,12,13)(H,14,15). The van der Waals surface area contributed by atoms with Crippen LogP contribution in [0.4, 0.5) is 0 Å². The van der Waals surface area contributed by atoms with Crippen molar-refractivity contribution in [2.45, 2.75) is 31.8 Å². The number of sulfone groups is 1. The molecule has 7 nitrogen and oxygen atoms in total. The summed E-state index contributed by atoms with van der Waals surface area (Å²) in [6.45, 7) is 0.998. The Balaban J connectivity index is 2.23. The van der Waals surface area contributed by atoms with Crippen molar-refractivity contribution in [2.75, 3.05) is 24.7 Å². The largest absolute Gasteiger partial charge is 0.481 e. The Labute approximate surface area is 112 Å². The third-order valence-electron chi connectivity index (χ3n) is 2.75. The Morgan fingerprint density at radius 2 is 2.11 bits per heavy atom. The molecular formula is C11H19NO6S. The lowest BCUT2D eigenvalue weighted by Gasteiger charge is -2.10. The van der Waals surface area contributed by atoms with Gasteiger partial charge < -0.3 is 15.2 Å². The molecule has 0 aliphatic carbocycles. The lowest BCUT2D eigenvalue weighted by molar-refractivity contribution is -0.137. The van der Waals surface area contributed by atoms with Crippen LogP contribution in [0.2, 0.25) is 0 Å². The quantitative estimate of drug-likeness (QED) is 0.628. The molecule has 0 aromatic carbocycles.